The van der Waals surface area contributed by atoms with Crippen LogP contribution in [0.5, 0.6) is 0 Å². The van der Waals surface area contributed by atoms with Gasteiger partial charge in [-0.25, -0.2) is 4.79 Å². The zero-order chi connectivity index (χ0) is 10.5. The Morgan fingerprint density at radius 1 is 1.62 bits per heavy atom. The molecular weight excluding hydrogens is 168 g/mol. The molecule has 0 spiro atoms. The summed E-state index contributed by atoms with van der Waals surface area (Å²) in [7, 11) is 0. The molecule has 0 saturated carbocycles. The zero-order valence-corrected chi connectivity index (χ0v) is 8.55. The van der Waals surface area contributed by atoms with Crippen molar-refractivity contribution in [3.8, 4) is 6.07 Å². The highest BCUT2D eigenvalue weighted by atomic mass is 16.6. The van der Waals surface area contributed by atoms with E-state index in [1.54, 1.807) is 13.8 Å². The van der Waals surface area contributed by atoms with Crippen molar-refractivity contribution in [3.05, 3.63) is 0 Å². The Kier molecular flexibility index (Phi) is 4.26. The number of nitrogens with zero attached hydrogens (tertiary/aromatic N) is 1. The van der Waals surface area contributed by atoms with Crippen molar-refractivity contribution in [3.63, 3.8) is 0 Å². The summed E-state index contributed by atoms with van der Waals surface area (Å²) in [6.45, 7) is 7.10. The fraction of sp³-hybridized carbons (Fsp3) is 0.778. The van der Waals surface area contributed by atoms with Gasteiger partial charge in [0.15, 0.2) is 0 Å². The molecule has 0 atom stereocenters. The average molecular weight is 184 g/mol. The van der Waals surface area contributed by atoms with Crippen LogP contribution in [0.3, 0.4) is 0 Å². The van der Waals surface area contributed by atoms with Gasteiger partial charge in [-0.05, 0) is 27.7 Å². The number of hydrogen-bond donors (Lipinski definition) is 1. The van der Waals surface area contributed by atoms with Crippen LogP contribution < -0.4 is 5.32 Å². The molecule has 4 heteroatoms. The summed E-state index contributed by atoms with van der Waals surface area (Å²) in [5.41, 5.74) is -0.715. The van der Waals surface area contributed by atoms with Gasteiger partial charge in [-0.3, -0.25) is 0 Å². The van der Waals surface area contributed by atoms with Crippen LogP contribution in [0, 0.1) is 11.3 Å². The summed E-state index contributed by atoms with van der Waals surface area (Å²) in [5, 5.41) is 11.0. The highest BCUT2D eigenvalue weighted by molar-refractivity contribution is 5.68. The van der Waals surface area contributed by atoms with Gasteiger partial charge in [0.05, 0.1) is 12.5 Å². The Labute approximate surface area is 78.9 Å². The zero-order valence-electron chi connectivity index (χ0n) is 8.55. The molecule has 0 saturated heterocycles. The first-order valence-corrected chi connectivity index (χ1v) is 4.24. The van der Waals surface area contributed by atoms with Crippen LogP contribution in [0.25, 0.3) is 0 Å². The molecule has 0 aliphatic carbocycles. The van der Waals surface area contributed by atoms with Crippen LogP contribution in [0.1, 0.15) is 34.1 Å². The van der Waals surface area contributed by atoms with Gasteiger partial charge in [-0.1, -0.05) is 0 Å². The molecule has 0 aromatic rings. The molecule has 0 aliphatic rings. The summed E-state index contributed by atoms with van der Waals surface area (Å²) in [5.74, 6) is 0. The normalized spacial score (nSPS) is 10.8. The molecule has 13 heavy (non-hydrogen) atoms. The Morgan fingerprint density at radius 3 is 2.54 bits per heavy atom. The monoisotopic (exact) mass is 184 g/mol. The van der Waals surface area contributed by atoms with E-state index in [1.807, 2.05) is 19.9 Å². The maximum atomic E-state index is 11.1. The van der Waals surface area contributed by atoms with Crippen LogP contribution >= 0.6 is 0 Å². The molecule has 0 aromatic carbocycles. The van der Waals surface area contributed by atoms with Gasteiger partial charge >= 0.3 is 6.09 Å². The van der Waals surface area contributed by atoms with Crippen molar-refractivity contribution in [2.45, 2.75) is 45.8 Å². The minimum atomic E-state index is -0.715. The van der Waals surface area contributed by atoms with Crippen LogP contribution in [0.4, 0.5) is 4.79 Å². The van der Waals surface area contributed by atoms with Gasteiger partial charge < -0.3 is 10.1 Å². The number of rotatable bonds is 3. The molecule has 0 aliphatic heterocycles. The van der Waals surface area contributed by atoms with Crippen LogP contribution in [0.2, 0.25) is 0 Å². The first-order chi connectivity index (χ1) is 5.87. The van der Waals surface area contributed by atoms with Gasteiger partial charge in [-0.2, -0.15) is 5.26 Å². The van der Waals surface area contributed by atoms with E-state index < -0.39 is 11.7 Å². The van der Waals surface area contributed by atoms with Crippen LogP contribution in [-0.2, 0) is 4.74 Å². The Balaban J connectivity index is 3.98. The van der Waals surface area contributed by atoms with Gasteiger partial charge in [-0.15, -0.1) is 0 Å². The Morgan fingerprint density at radius 2 is 2.15 bits per heavy atom. The molecule has 0 bridgehead atoms. The lowest BCUT2D eigenvalue weighted by Crippen LogP contribution is -2.37. The quantitative estimate of drug-likeness (QED) is 0.727. The number of nitriles is 1. The smallest absolute Gasteiger partial charge is 0.407 e. The number of amides is 1. The minimum absolute atomic E-state index is 0.0467. The largest absolute Gasteiger partial charge is 0.442 e. The number of alkyl carbamates (subject to hydrolysis) is 1. The van der Waals surface area contributed by atoms with Crippen molar-refractivity contribution in [2.75, 3.05) is 0 Å². The first-order valence-electron chi connectivity index (χ1n) is 4.24. The maximum Gasteiger partial charge on any atom is 0.407 e. The van der Waals surface area contributed by atoms with E-state index in [0.717, 1.165) is 0 Å². The van der Waals surface area contributed by atoms with Crippen molar-refractivity contribution >= 4 is 6.09 Å². The summed E-state index contributed by atoms with van der Waals surface area (Å²) < 4.78 is 5.02. The fourth-order valence-electron chi connectivity index (χ4n) is 0.743. The van der Waals surface area contributed by atoms with Gasteiger partial charge in [0.1, 0.15) is 5.60 Å². The average Bonchev–Trinajstić information content (AvgIpc) is 1.81. The highest BCUT2D eigenvalue weighted by Crippen LogP contribution is 2.13. The van der Waals surface area contributed by atoms with E-state index in [2.05, 4.69) is 5.32 Å². The van der Waals surface area contributed by atoms with Crippen molar-refractivity contribution in [2.24, 2.45) is 0 Å². The van der Waals surface area contributed by atoms with Crippen LogP contribution in [-0.4, -0.2) is 17.7 Å². The van der Waals surface area contributed by atoms with Crippen molar-refractivity contribution < 1.29 is 9.53 Å². The molecule has 0 aromatic heterocycles. The molecule has 0 radical (unpaired) electrons. The predicted octanol–water partition coefficient (Wildman–Crippen LogP) is 1.81. The first kappa shape index (κ1) is 11.8. The SMILES string of the molecule is CC(C)NC(=O)OC(C)(C)CC#N. The lowest BCUT2D eigenvalue weighted by molar-refractivity contribution is 0.0411. The topological polar surface area (TPSA) is 62.1 Å². The van der Waals surface area contributed by atoms with E-state index in [0.29, 0.717) is 0 Å². The maximum absolute atomic E-state index is 11.1. The lowest BCUT2D eigenvalue weighted by Gasteiger charge is -2.22. The van der Waals surface area contributed by atoms with E-state index in [9.17, 15) is 4.79 Å². The van der Waals surface area contributed by atoms with Crippen molar-refractivity contribution in [1.82, 2.24) is 5.32 Å². The predicted molar refractivity (Wildman–Crippen MR) is 49.1 cm³/mol. The third-order valence-electron chi connectivity index (χ3n) is 1.28. The summed E-state index contributed by atoms with van der Waals surface area (Å²) >= 11 is 0. The number of hydrogen-bond acceptors (Lipinski definition) is 3. The molecular formula is C9H16N2O2. The summed E-state index contributed by atoms with van der Waals surface area (Å²) in [6.07, 6.45) is -0.284. The lowest BCUT2D eigenvalue weighted by atomic mass is 10.1. The second-order valence-electron chi connectivity index (χ2n) is 3.78. The second kappa shape index (κ2) is 4.70. The van der Waals surface area contributed by atoms with E-state index >= 15 is 0 Å². The number of ether oxygens (including phenoxy) is 1. The van der Waals surface area contributed by atoms with Gasteiger partial charge in [0.2, 0.25) is 0 Å². The minimum Gasteiger partial charge on any atom is -0.442 e. The standard InChI is InChI=1S/C9H16N2O2/c1-7(2)11-8(12)13-9(3,4)5-6-10/h7H,5H2,1-4H3,(H,11,12). The molecule has 4 nitrogen and oxygen atoms in total. The van der Waals surface area contributed by atoms with Crippen molar-refractivity contribution in [1.29, 1.82) is 5.26 Å². The van der Waals surface area contributed by atoms with E-state index in [1.165, 1.54) is 0 Å². The van der Waals surface area contributed by atoms with Gasteiger partial charge in [0, 0.05) is 6.04 Å². The molecule has 0 fully saturated rings. The third-order valence-corrected chi connectivity index (χ3v) is 1.28. The molecule has 1 N–H and O–H groups in total. The molecule has 0 heterocycles. The number of carbonyl (C=O) groups excluding carboxylic acids is 1. The summed E-state index contributed by atoms with van der Waals surface area (Å²) in [6, 6.07) is 2.01. The molecule has 74 valence electrons. The van der Waals surface area contributed by atoms with E-state index in [-0.39, 0.29) is 12.5 Å². The van der Waals surface area contributed by atoms with Gasteiger partial charge in [0.25, 0.3) is 0 Å². The second-order valence-corrected chi connectivity index (χ2v) is 3.78. The highest BCUT2D eigenvalue weighted by Gasteiger charge is 2.22. The molecule has 0 rings (SSSR count). The Bertz CT molecular complexity index is 216. The number of nitrogens with one attached hydrogen (secondary N) is 1. The van der Waals surface area contributed by atoms with E-state index in [4.69, 9.17) is 10.00 Å². The number of carbonyl (C=O) groups is 1. The fourth-order valence-corrected chi connectivity index (χ4v) is 0.743. The molecule has 1 amide bonds. The summed E-state index contributed by atoms with van der Waals surface area (Å²) in [4.78, 5) is 11.1. The van der Waals surface area contributed by atoms with Crippen LogP contribution in [0.15, 0.2) is 0 Å². The third kappa shape index (κ3) is 5.97. The Hall–Kier alpha value is -1.24. The molecule has 0 unspecified atom stereocenters.